The zero-order chi connectivity index (χ0) is 13.4. The number of unbranched alkanes of at least 4 members (excludes halogenated alkanes) is 5. The van der Waals surface area contributed by atoms with E-state index in [-0.39, 0.29) is 0 Å². The molecule has 0 aliphatic heterocycles. The molecular formula is C17H33N. The SMILES string of the molecule is CCCCCCC/C=C/C1CC(C)(C)CCC1N. The average Bonchev–Trinajstić information content (AvgIpc) is 2.32. The molecule has 0 radical (unpaired) electrons. The molecule has 106 valence electrons. The minimum atomic E-state index is 0.398. The van der Waals surface area contributed by atoms with E-state index in [2.05, 4.69) is 32.9 Å². The van der Waals surface area contributed by atoms with Gasteiger partial charge < -0.3 is 5.73 Å². The highest BCUT2D eigenvalue weighted by Crippen LogP contribution is 2.38. The fourth-order valence-corrected chi connectivity index (χ4v) is 3.01. The number of rotatable bonds is 7. The number of hydrogen-bond acceptors (Lipinski definition) is 1. The van der Waals surface area contributed by atoms with Crippen LogP contribution in [0.5, 0.6) is 0 Å². The van der Waals surface area contributed by atoms with Crippen molar-refractivity contribution >= 4 is 0 Å². The Morgan fingerprint density at radius 1 is 1.17 bits per heavy atom. The van der Waals surface area contributed by atoms with Crippen LogP contribution < -0.4 is 5.73 Å². The van der Waals surface area contributed by atoms with Crippen LogP contribution in [-0.2, 0) is 0 Å². The topological polar surface area (TPSA) is 26.0 Å². The summed E-state index contributed by atoms with van der Waals surface area (Å²) in [6.45, 7) is 7.03. The smallest absolute Gasteiger partial charge is 0.0102 e. The van der Waals surface area contributed by atoms with E-state index in [9.17, 15) is 0 Å². The van der Waals surface area contributed by atoms with Gasteiger partial charge in [0.25, 0.3) is 0 Å². The molecule has 1 aliphatic carbocycles. The van der Waals surface area contributed by atoms with Crippen molar-refractivity contribution in [3.8, 4) is 0 Å². The Morgan fingerprint density at radius 3 is 2.61 bits per heavy atom. The second kappa shape index (κ2) is 7.99. The number of allylic oxidation sites excluding steroid dienone is 1. The summed E-state index contributed by atoms with van der Waals surface area (Å²) < 4.78 is 0. The Labute approximate surface area is 114 Å². The van der Waals surface area contributed by atoms with Crippen molar-refractivity contribution in [1.82, 2.24) is 0 Å². The maximum atomic E-state index is 6.23. The zero-order valence-corrected chi connectivity index (χ0v) is 12.8. The molecule has 1 saturated carbocycles. The van der Waals surface area contributed by atoms with Crippen molar-refractivity contribution < 1.29 is 0 Å². The molecule has 1 aliphatic rings. The van der Waals surface area contributed by atoms with E-state index in [0.717, 1.165) is 0 Å². The number of hydrogen-bond donors (Lipinski definition) is 1. The molecule has 2 N–H and O–H groups in total. The Kier molecular flexibility index (Phi) is 6.99. The lowest BCUT2D eigenvalue weighted by Gasteiger charge is -2.38. The van der Waals surface area contributed by atoms with Crippen molar-refractivity contribution in [2.24, 2.45) is 17.1 Å². The highest BCUT2D eigenvalue weighted by atomic mass is 14.7. The minimum absolute atomic E-state index is 0.398. The summed E-state index contributed by atoms with van der Waals surface area (Å²) in [5, 5.41) is 0. The van der Waals surface area contributed by atoms with E-state index in [1.165, 1.54) is 57.8 Å². The van der Waals surface area contributed by atoms with E-state index in [1.54, 1.807) is 0 Å². The molecule has 1 nitrogen and oxygen atoms in total. The third kappa shape index (κ3) is 6.04. The van der Waals surface area contributed by atoms with Gasteiger partial charge in [0.15, 0.2) is 0 Å². The summed E-state index contributed by atoms with van der Waals surface area (Å²) in [5.41, 5.74) is 6.72. The normalized spacial score (nSPS) is 27.8. The highest BCUT2D eigenvalue weighted by molar-refractivity contribution is 4.99. The second-order valence-electron chi connectivity index (χ2n) is 6.87. The summed E-state index contributed by atoms with van der Waals surface area (Å²) in [6.07, 6.45) is 16.7. The van der Waals surface area contributed by atoms with Crippen molar-refractivity contribution in [3.05, 3.63) is 12.2 Å². The standard InChI is InChI=1S/C17H33N/c1-4-5-6-7-8-9-10-11-15-14-17(2,3)13-12-16(15)18/h10-11,15-16H,4-9,12-14,18H2,1-3H3/b11-10+. The van der Waals surface area contributed by atoms with Gasteiger partial charge in [-0.3, -0.25) is 0 Å². The quantitative estimate of drug-likeness (QED) is 0.497. The molecule has 1 fully saturated rings. The molecule has 18 heavy (non-hydrogen) atoms. The second-order valence-corrected chi connectivity index (χ2v) is 6.87. The first-order chi connectivity index (χ1) is 8.55. The van der Waals surface area contributed by atoms with E-state index in [0.29, 0.717) is 17.4 Å². The van der Waals surface area contributed by atoms with Gasteiger partial charge in [0.05, 0.1) is 0 Å². The van der Waals surface area contributed by atoms with Crippen LogP contribution in [0.25, 0.3) is 0 Å². The zero-order valence-electron chi connectivity index (χ0n) is 12.8. The van der Waals surface area contributed by atoms with Gasteiger partial charge in [0, 0.05) is 6.04 Å². The maximum absolute atomic E-state index is 6.23. The van der Waals surface area contributed by atoms with Gasteiger partial charge in [0.2, 0.25) is 0 Å². The van der Waals surface area contributed by atoms with Gasteiger partial charge in [-0.05, 0) is 43.4 Å². The van der Waals surface area contributed by atoms with Crippen LogP contribution in [0.2, 0.25) is 0 Å². The van der Waals surface area contributed by atoms with E-state index < -0.39 is 0 Å². The largest absolute Gasteiger partial charge is 0.327 e. The lowest BCUT2D eigenvalue weighted by Crippen LogP contribution is -2.38. The Morgan fingerprint density at radius 2 is 1.89 bits per heavy atom. The lowest BCUT2D eigenvalue weighted by atomic mass is 9.70. The van der Waals surface area contributed by atoms with Crippen LogP contribution in [0, 0.1) is 11.3 Å². The predicted molar refractivity (Wildman–Crippen MR) is 81.6 cm³/mol. The van der Waals surface area contributed by atoms with Crippen LogP contribution in [0.1, 0.15) is 78.6 Å². The first-order valence-corrected chi connectivity index (χ1v) is 7.97. The van der Waals surface area contributed by atoms with Crippen molar-refractivity contribution in [1.29, 1.82) is 0 Å². The molecule has 0 aromatic heterocycles. The monoisotopic (exact) mass is 251 g/mol. The fourth-order valence-electron chi connectivity index (χ4n) is 3.01. The first kappa shape index (κ1) is 15.8. The first-order valence-electron chi connectivity index (χ1n) is 7.97. The molecule has 1 rings (SSSR count). The third-order valence-electron chi connectivity index (χ3n) is 4.35. The average molecular weight is 251 g/mol. The summed E-state index contributed by atoms with van der Waals surface area (Å²) in [7, 11) is 0. The molecule has 0 spiro atoms. The van der Waals surface area contributed by atoms with Crippen LogP contribution in [0.15, 0.2) is 12.2 Å². The predicted octanol–water partition coefficient (Wildman–Crippen LogP) is 5.06. The van der Waals surface area contributed by atoms with Crippen molar-refractivity contribution in [2.45, 2.75) is 84.6 Å². The summed E-state index contributed by atoms with van der Waals surface area (Å²) in [6, 6.07) is 0.398. The molecule has 0 amide bonds. The molecular weight excluding hydrogens is 218 g/mol. The van der Waals surface area contributed by atoms with Gasteiger partial charge in [0.1, 0.15) is 0 Å². The Bertz CT molecular complexity index is 242. The van der Waals surface area contributed by atoms with Gasteiger partial charge in [-0.15, -0.1) is 0 Å². The molecule has 1 heteroatoms. The molecule has 0 aromatic carbocycles. The molecule has 0 heterocycles. The van der Waals surface area contributed by atoms with E-state index in [1.807, 2.05) is 0 Å². The van der Waals surface area contributed by atoms with Crippen molar-refractivity contribution in [3.63, 3.8) is 0 Å². The maximum Gasteiger partial charge on any atom is 0.0102 e. The summed E-state index contributed by atoms with van der Waals surface area (Å²) >= 11 is 0. The lowest BCUT2D eigenvalue weighted by molar-refractivity contribution is 0.184. The highest BCUT2D eigenvalue weighted by Gasteiger charge is 2.31. The fraction of sp³-hybridized carbons (Fsp3) is 0.882. The third-order valence-corrected chi connectivity index (χ3v) is 4.35. The van der Waals surface area contributed by atoms with Crippen LogP contribution in [0.3, 0.4) is 0 Å². The van der Waals surface area contributed by atoms with Gasteiger partial charge in [-0.25, -0.2) is 0 Å². The van der Waals surface area contributed by atoms with Gasteiger partial charge in [-0.2, -0.15) is 0 Å². The Hall–Kier alpha value is -0.300. The van der Waals surface area contributed by atoms with Gasteiger partial charge in [-0.1, -0.05) is 58.6 Å². The van der Waals surface area contributed by atoms with E-state index >= 15 is 0 Å². The number of nitrogens with two attached hydrogens (primary N) is 1. The minimum Gasteiger partial charge on any atom is -0.327 e. The molecule has 2 unspecified atom stereocenters. The van der Waals surface area contributed by atoms with Crippen LogP contribution in [-0.4, -0.2) is 6.04 Å². The van der Waals surface area contributed by atoms with Crippen LogP contribution >= 0.6 is 0 Å². The molecule has 0 bridgehead atoms. The van der Waals surface area contributed by atoms with E-state index in [4.69, 9.17) is 5.73 Å². The summed E-state index contributed by atoms with van der Waals surface area (Å²) in [5.74, 6) is 0.615. The molecule has 0 saturated heterocycles. The molecule has 2 atom stereocenters. The van der Waals surface area contributed by atoms with Crippen molar-refractivity contribution in [2.75, 3.05) is 0 Å². The van der Waals surface area contributed by atoms with Gasteiger partial charge >= 0.3 is 0 Å². The summed E-state index contributed by atoms with van der Waals surface area (Å²) in [4.78, 5) is 0. The Balaban J connectivity index is 2.19. The molecule has 0 aromatic rings. The van der Waals surface area contributed by atoms with Crippen LogP contribution in [0.4, 0.5) is 0 Å².